The number of halogens is 1. The summed E-state index contributed by atoms with van der Waals surface area (Å²) in [6.45, 7) is 4.11. The number of hydrogen-bond donors (Lipinski definition) is 1. The third kappa shape index (κ3) is 3.30. The number of nitrogens with zero attached hydrogens (tertiary/aromatic N) is 2. The molecule has 0 aliphatic carbocycles. The molecule has 2 aromatic rings. The number of pyridine rings is 1. The number of hydrogen-bond acceptors (Lipinski definition) is 3. The lowest BCUT2D eigenvalue weighted by atomic mass is 10.2. The molecule has 0 radical (unpaired) electrons. The van der Waals surface area contributed by atoms with Gasteiger partial charge in [0.25, 0.3) is 5.91 Å². The maximum Gasteiger partial charge on any atom is 0.257 e. The topological polar surface area (TPSA) is 45.2 Å². The zero-order valence-corrected chi connectivity index (χ0v) is 14.1. The van der Waals surface area contributed by atoms with Gasteiger partial charge in [0.15, 0.2) is 0 Å². The average molecular weight is 360 g/mol. The van der Waals surface area contributed by atoms with Gasteiger partial charge in [0.2, 0.25) is 0 Å². The van der Waals surface area contributed by atoms with E-state index in [0.29, 0.717) is 5.56 Å². The lowest BCUT2D eigenvalue weighted by Crippen LogP contribution is -2.19. The van der Waals surface area contributed by atoms with Crippen molar-refractivity contribution in [3.05, 3.63) is 52.1 Å². The summed E-state index contributed by atoms with van der Waals surface area (Å²) in [5.41, 5.74) is 2.47. The minimum Gasteiger partial charge on any atom is -0.357 e. The van der Waals surface area contributed by atoms with Crippen molar-refractivity contribution in [3.8, 4) is 0 Å². The van der Waals surface area contributed by atoms with E-state index in [4.69, 9.17) is 0 Å². The first kappa shape index (κ1) is 15.0. The maximum absolute atomic E-state index is 12.3. The summed E-state index contributed by atoms with van der Waals surface area (Å²) >= 11 is 3.47. The molecule has 1 aliphatic rings. The van der Waals surface area contributed by atoms with Gasteiger partial charge in [-0.3, -0.25) is 4.79 Å². The molecule has 0 saturated carbocycles. The Hall–Kier alpha value is -1.88. The summed E-state index contributed by atoms with van der Waals surface area (Å²) in [6, 6.07) is 9.59. The van der Waals surface area contributed by atoms with E-state index in [0.717, 1.165) is 34.6 Å². The summed E-state index contributed by atoms with van der Waals surface area (Å²) < 4.78 is 0.877. The number of carbonyl (C=O) groups is 1. The second-order valence-electron chi connectivity index (χ2n) is 5.54. The van der Waals surface area contributed by atoms with Gasteiger partial charge in [-0.15, -0.1) is 0 Å². The minimum atomic E-state index is -0.148. The summed E-state index contributed by atoms with van der Waals surface area (Å²) in [7, 11) is 0. The standard InChI is InChI=1S/C17H18BrN3O/c1-12-4-6-15(14(18)10-12)20-17(22)13-5-7-16(19-11-13)21-8-2-3-9-21/h4-7,10-11H,2-3,8-9H2,1H3,(H,20,22). The highest BCUT2D eigenvalue weighted by molar-refractivity contribution is 9.10. The van der Waals surface area contributed by atoms with Gasteiger partial charge in [-0.25, -0.2) is 4.98 Å². The predicted octanol–water partition coefficient (Wildman–Crippen LogP) is 4.01. The molecule has 1 aromatic heterocycles. The van der Waals surface area contributed by atoms with E-state index in [1.54, 1.807) is 6.20 Å². The lowest BCUT2D eigenvalue weighted by molar-refractivity contribution is 0.102. The first-order valence-corrected chi connectivity index (χ1v) is 8.21. The highest BCUT2D eigenvalue weighted by Crippen LogP contribution is 2.24. The Morgan fingerprint density at radius 3 is 2.64 bits per heavy atom. The summed E-state index contributed by atoms with van der Waals surface area (Å²) in [5, 5.41) is 2.90. The lowest BCUT2D eigenvalue weighted by Gasteiger charge is -2.16. The molecule has 0 atom stereocenters. The molecule has 0 bridgehead atoms. The number of anilines is 2. The maximum atomic E-state index is 12.3. The van der Waals surface area contributed by atoms with Crippen LogP contribution < -0.4 is 10.2 Å². The number of amides is 1. The Labute approximate surface area is 138 Å². The molecule has 0 unspecified atom stereocenters. The number of nitrogens with one attached hydrogen (secondary N) is 1. The van der Waals surface area contributed by atoms with Gasteiger partial charge in [-0.1, -0.05) is 6.07 Å². The van der Waals surface area contributed by atoms with Crippen molar-refractivity contribution >= 4 is 33.3 Å². The minimum absolute atomic E-state index is 0.148. The highest BCUT2D eigenvalue weighted by Gasteiger charge is 2.14. The van der Waals surface area contributed by atoms with E-state index in [2.05, 4.69) is 31.1 Å². The average Bonchev–Trinajstić information content (AvgIpc) is 3.04. The van der Waals surface area contributed by atoms with Crippen LogP contribution in [0.15, 0.2) is 41.0 Å². The SMILES string of the molecule is Cc1ccc(NC(=O)c2ccc(N3CCCC3)nc2)c(Br)c1. The number of carbonyl (C=O) groups excluding carboxylic acids is 1. The molecular formula is C17H18BrN3O. The monoisotopic (exact) mass is 359 g/mol. The van der Waals surface area contributed by atoms with Crippen molar-refractivity contribution in [2.24, 2.45) is 0 Å². The van der Waals surface area contributed by atoms with Crippen molar-refractivity contribution in [2.45, 2.75) is 19.8 Å². The fraction of sp³-hybridized carbons (Fsp3) is 0.294. The normalized spacial score (nSPS) is 14.2. The first-order valence-electron chi connectivity index (χ1n) is 7.42. The van der Waals surface area contributed by atoms with Crippen LogP contribution in [-0.2, 0) is 0 Å². The second-order valence-corrected chi connectivity index (χ2v) is 6.39. The molecule has 114 valence electrons. The molecule has 1 aromatic carbocycles. The van der Waals surface area contributed by atoms with Gasteiger partial charge in [0, 0.05) is 23.8 Å². The molecule has 0 spiro atoms. The van der Waals surface area contributed by atoms with Crippen molar-refractivity contribution in [1.29, 1.82) is 0 Å². The molecule has 5 heteroatoms. The molecule has 1 saturated heterocycles. The van der Waals surface area contributed by atoms with Gasteiger partial charge in [0.05, 0.1) is 11.3 Å². The fourth-order valence-corrected chi connectivity index (χ4v) is 3.16. The van der Waals surface area contributed by atoms with Crippen LogP contribution in [0.4, 0.5) is 11.5 Å². The van der Waals surface area contributed by atoms with E-state index >= 15 is 0 Å². The van der Waals surface area contributed by atoms with Crippen LogP contribution in [0.5, 0.6) is 0 Å². The van der Waals surface area contributed by atoms with Crippen molar-refractivity contribution in [1.82, 2.24) is 4.98 Å². The highest BCUT2D eigenvalue weighted by atomic mass is 79.9. The number of aromatic nitrogens is 1. The van der Waals surface area contributed by atoms with Gasteiger partial charge in [0.1, 0.15) is 5.82 Å². The van der Waals surface area contributed by atoms with E-state index in [-0.39, 0.29) is 5.91 Å². The van der Waals surface area contributed by atoms with Crippen molar-refractivity contribution in [2.75, 3.05) is 23.3 Å². The Balaban J connectivity index is 1.71. The zero-order valence-electron chi connectivity index (χ0n) is 12.5. The van der Waals surface area contributed by atoms with Gasteiger partial charge >= 0.3 is 0 Å². The predicted molar refractivity (Wildman–Crippen MR) is 92.5 cm³/mol. The third-order valence-electron chi connectivity index (χ3n) is 3.81. The summed E-state index contributed by atoms with van der Waals surface area (Å²) in [4.78, 5) is 19.0. The number of benzene rings is 1. The Bertz CT molecular complexity index is 679. The molecule has 1 N–H and O–H groups in total. The molecule has 1 aliphatic heterocycles. The molecule has 2 heterocycles. The van der Waals surface area contributed by atoms with Crippen molar-refractivity contribution in [3.63, 3.8) is 0 Å². The van der Waals surface area contributed by atoms with Crippen LogP contribution in [0.25, 0.3) is 0 Å². The largest absolute Gasteiger partial charge is 0.357 e. The number of rotatable bonds is 3. The molecule has 1 amide bonds. The van der Waals surface area contributed by atoms with E-state index < -0.39 is 0 Å². The van der Waals surface area contributed by atoms with Crippen LogP contribution in [0, 0.1) is 6.92 Å². The molecule has 1 fully saturated rings. The van der Waals surface area contributed by atoms with Crippen LogP contribution in [0.2, 0.25) is 0 Å². The zero-order chi connectivity index (χ0) is 15.5. The van der Waals surface area contributed by atoms with E-state index in [1.165, 1.54) is 12.8 Å². The Kier molecular flexibility index (Phi) is 4.43. The van der Waals surface area contributed by atoms with Crippen LogP contribution in [-0.4, -0.2) is 24.0 Å². The van der Waals surface area contributed by atoms with E-state index in [9.17, 15) is 4.79 Å². The fourth-order valence-electron chi connectivity index (χ4n) is 2.57. The Morgan fingerprint density at radius 2 is 2.00 bits per heavy atom. The molecule has 3 rings (SSSR count). The molecule has 22 heavy (non-hydrogen) atoms. The van der Waals surface area contributed by atoms with Gasteiger partial charge < -0.3 is 10.2 Å². The van der Waals surface area contributed by atoms with Crippen LogP contribution >= 0.6 is 15.9 Å². The van der Waals surface area contributed by atoms with E-state index in [1.807, 2.05) is 37.3 Å². The quantitative estimate of drug-likeness (QED) is 0.900. The van der Waals surface area contributed by atoms with Crippen LogP contribution in [0.3, 0.4) is 0 Å². The van der Waals surface area contributed by atoms with Crippen LogP contribution in [0.1, 0.15) is 28.8 Å². The second kappa shape index (κ2) is 6.48. The Morgan fingerprint density at radius 1 is 1.23 bits per heavy atom. The van der Waals surface area contributed by atoms with Gasteiger partial charge in [-0.2, -0.15) is 0 Å². The van der Waals surface area contributed by atoms with Gasteiger partial charge in [-0.05, 0) is 65.5 Å². The first-order chi connectivity index (χ1) is 10.6. The van der Waals surface area contributed by atoms with Crippen molar-refractivity contribution < 1.29 is 4.79 Å². The smallest absolute Gasteiger partial charge is 0.257 e. The number of aryl methyl sites for hydroxylation is 1. The third-order valence-corrected chi connectivity index (χ3v) is 4.47. The molecular weight excluding hydrogens is 342 g/mol. The summed E-state index contributed by atoms with van der Waals surface area (Å²) in [6.07, 6.45) is 4.07. The molecule has 4 nitrogen and oxygen atoms in total. The summed E-state index contributed by atoms with van der Waals surface area (Å²) in [5.74, 6) is 0.801.